The summed E-state index contributed by atoms with van der Waals surface area (Å²) in [5.74, 6) is -0.0623. The highest BCUT2D eigenvalue weighted by atomic mass is 28.3. The molecule has 37 heavy (non-hydrogen) atoms. The van der Waals surface area contributed by atoms with Gasteiger partial charge in [-0.15, -0.1) is 0 Å². The van der Waals surface area contributed by atoms with Gasteiger partial charge in [0.25, 0.3) is 0 Å². The van der Waals surface area contributed by atoms with Gasteiger partial charge in [0, 0.05) is 6.07 Å². The van der Waals surface area contributed by atoms with Crippen molar-refractivity contribution in [3.05, 3.63) is 83.0 Å². The van der Waals surface area contributed by atoms with E-state index in [2.05, 4.69) is 0 Å². The maximum absolute atomic E-state index is 12.8. The van der Waals surface area contributed by atoms with Crippen LogP contribution in [0.25, 0.3) is 6.08 Å². The highest BCUT2D eigenvalue weighted by Crippen LogP contribution is 2.26. The second-order valence-electron chi connectivity index (χ2n) is 8.07. The molecule has 0 radical (unpaired) electrons. The lowest BCUT2D eigenvalue weighted by molar-refractivity contribution is -0.139. The van der Waals surface area contributed by atoms with Crippen molar-refractivity contribution in [2.45, 2.75) is 27.7 Å². The van der Waals surface area contributed by atoms with E-state index in [1.54, 1.807) is 18.2 Å². The van der Waals surface area contributed by atoms with E-state index in [9.17, 15) is 9.59 Å². The standard InChI is InChI=1S/C27H30O6.H2O3Si/c1-19(2)13-15-31-22-8-5-21(6-9-22)7-12-25(28)24-11-10-23(32-16-14-20(3)4)17-26(24)33-18-27(29)30;1-4(2)3/h5-14,17H,15-16,18H2,1-4H3,(H,29,30);1-2H/b12-7+;. The summed E-state index contributed by atoms with van der Waals surface area (Å²) in [5.41, 5.74) is 3.38. The van der Waals surface area contributed by atoms with E-state index in [1.165, 1.54) is 17.7 Å². The van der Waals surface area contributed by atoms with Crippen molar-refractivity contribution in [3.63, 3.8) is 0 Å². The molecule has 2 aromatic carbocycles. The maximum Gasteiger partial charge on any atom is 0.761 e. The number of carboxylic acid groups (broad SMARTS) is 1. The molecule has 0 aliphatic rings. The third-order valence-electron chi connectivity index (χ3n) is 4.36. The van der Waals surface area contributed by atoms with Gasteiger partial charge in [-0.2, -0.15) is 0 Å². The molecule has 198 valence electrons. The van der Waals surface area contributed by atoms with Crippen LogP contribution in [-0.2, 0) is 9.26 Å². The van der Waals surface area contributed by atoms with Gasteiger partial charge in [0.15, 0.2) is 12.4 Å². The fourth-order valence-electron chi connectivity index (χ4n) is 2.60. The molecule has 0 saturated carbocycles. The molecule has 0 bridgehead atoms. The van der Waals surface area contributed by atoms with Crippen LogP contribution in [0, 0.1) is 0 Å². The van der Waals surface area contributed by atoms with Gasteiger partial charge in [0.1, 0.15) is 30.5 Å². The van der Waals surface area contributed by atoms with Crippen LogP contribution in [0.15, 0.2) is 71.8 Å². The van der Waals surface area contributed by atoms with E-state index in [0.29, 0.717) is 19.0 Å². The lowest BCUT2D eigenvalue weighted by atomic mass is 10.1. The Bertz CT molecular complexity index is 1140. The fourth-order valence-corrected chi connectivity index (χ4v) is 2.60. The Balaban J connectivity index is 0.00000159. The number of benzene rings is 2. The van der Waals surface area contributed by atoms with Gasteiger partial charge in [-0.3, -0.25) is 9.26 Å². The molecule has 9 nitrogen and oxygen atoms in total. The summed E-state index contributed by atoms with van der Waals surface area (Å²) in [6, 6.07) is 12.1. The number of carboxylic acids is 1. The molecule has 0 aliphatic carbocycles. The summed E-state index contributed by atoms with van der Waals surface area (Å²) in [4.78, 5) is 38.0. The molecule has 0 unspecified atom stereocenters. The van der Waals surface area contributed by atoms with Gasteiger partial charge in [0.05, 0.1) is 5.56 Å². The SMILES string of the molecule is CC(C)=CCOc1ccc(/C=C/C(=O)c2ccc(OCC=C(C)C)cc2OCC(=O)O)cc1.O=[Si](O)O. The second kappa shape index (κ2) is 16.5. The molecule has 0 atom stereocenters. The minimum Gasteiger partial charge on any atom is -0.511 e. The minimum absolute atomic E-state index is 0.157. The molecule has 2 rings (SSSR count). The highest BCUT2D eigenvalue weighted by Gasteiger charge is 2.13. The van der Waals surface area contributed by atoms with Crippen LogP contribution in [0.5, 0.6) is 17.2 Å². The highest BCUT2D eigenvalue weighted by molar-refractivity contribution is 6.22. The van der Waals surface area contributed by atoms with Crippen molar-refractivity contribution in [1.82, 2.24) is 0 Å². The Kier molecular flexibility index (Phi) is 13.7. The lowest BCUT2D eigenvalue weighted by Gasteiger charge is -2.11. The van der Waals surface area contributed by atoms with Gasteiger partial charge in [0.2, 0.25) is 0 Å². The molecule has 3 N–H and O–H groups in total. The van der Waals surface area contributed by atoms with Crippen LogP contribution in [0.2, 0.25) is 0 Å². The molecular weight excluding hydrogens is 496 g/mol. The second-order valence-corrected chi connectivity index (χ2v) is 8.64. The summed E-state index contributed by atoms with van der Waals surface area (Å²) < 4.78 is 25.3. The van der Waals surface area contributed by atoms with Crippen LogP contribution >= 0.6 is 0 Å². The van der Waals surface area contributed by atoms with Crippen molar-refractivity contribution < 1.29 is 43.0 Å². The molecule has 0 aromatic heterocycles. The zero-order valence-corrected chi connectivity index (χ0v) is 22.3. The Morgan fingerprint density at radius 1 is 0.838 bits per heavy atom. The fraction of sp³-hybridized carbons (Fsp3) is 0.259. The first kappa shape index (κ1) is 30.8. The van der Waals surface area contributed by atoms with Crippen LogP contribution < -0.4 is 14.2 Å². The lowest BCUT2D eigenvalue weighted by Crippen LogP contribution is -2.12. The number of hydrogen-bond donors (Lipinski definition) is 3. The predicted octanol–water partition coefficient (Wildman–Crippen LogP) is 4.12. The summed E-state index contributed by atoms with van der Waals surface area (Å²) in [5, 5.41) is 8.96. The van der Waals surface area contributed by atoms with E-state index in [0.717, 1.165) is 16.9 Å². The van der Waals surface area contributed by atoms with E-state index in [1.807, 2.05) is 64.1 Å². The van der Waals surface area contributed by atoms with Crippen molar-refractivity contribution in [1.29, 1.82) is 0 Å². The number of allylic oxidation sites excluding steroid dienone is 3. The van der Waals surface area contributed by atoms with Crippen LogP contribution in [0.3, 0.4) is 0 Å². The van der Waals surface area contributed by atoms with Crippen molar-refractivity contribution in [2.75, 3.05) is 19.8 Å². The minimum atomic E-state index is -3.13. The van der Waals surface area contributed by atoms with E-state index in [4.69, 9.17) is 33.4 Å². The molecule has 2 aromatic rings. The quantitative estimate of drug-likeness (QED) is 0.161. The van der Waals surface area contributed by atoms with E-state index < -0.39 is 21.7 Å². The molecule has 0 saturated heterocycles. The van der Waals surface area contributed by atoms with E-state index in [-0.39, 0.29) is 17.1 Å². The molecule has 0 aliphatic heterocycles. The van der Waals surface area contributed by atoms with E-state index >= 15 is 0 Å². The zero-order valence-electron chi connectivity index (χ0n) is 21.3. The van der Waals surface area contributed by atoms with Gasteiger partial charge in [-0.1, -0.05) is 29.4 Å². The van der Waals surface area contributed by atoms with Gasteiger partial charge >= 0.3 is 15.1 Å². The van der Waals surface area contributed by atoms with Crippen LogP contribution in [0.1, 0.15) is 43.6 Å². The number of ketones is 1. The number of carbonyl (C=O) groups excluding carboxylic acids is 1. The first-order valence-electron chi connectivity index (χ1n) is 11.2. The summed E-state index contributed by atoms with van der Waals surface area (Å²) in [7, 11) is -3.13. The van der Waals surface area contributed by atoms with Crippen LogP contribution in [0.4, 0.5) is 0 Å². The van der Waals surface area contributed by atoms with Crippen molar-refractivity contribution in [3.8, 4) is 17.2 Å². The summed E-state index contributed by atoms with van der Waals surface area (Å²) in [6.07, 6.45) is 7.01. The Labute approximate surface area is 217 Å². The topological polar surface area (TPSA) is 140 Å². The van der Waals surface area contributed by atoms with Crippen LogP contribution in [-0.4, -0.2) is 55.4 Å². The third kappa shape index (κ3) is 14.1. The Morgan fingerprint density at radius 2 is 1.35 bits per heavy atom. The summed E-state index contributed by atoms with van der Waals surface area (Å²) in [6.45, 7) is 8.25. The number of hydrogen-bond acceptors (Lipinski definition) is 6. The molecule has 0 spiro atoms. The monoisotopic (exact) mass is 528 g/mol. The average Bonchev–Trinajstić information content (AvgIpc) is 2.81. The smallest absolute Gasteiger partial charge is 0.511 e. The molecule has 0 amide bonds. The molecule has 0 heterocycles. The predicted molar refractivity (Wildman–Crippen MR) is 140 cm³/mol. The maximum atomic E-state index is 12.8. The van der Waals surface area contributed by atoms with Gasteiger partial charge < -0.3 is 28.9 Å². The number of ether oxygens (including phenoxy) is 3. The number of carbonyl (C=O) groups is 2. The number of aliphatic carboxylic acids is 1. The average molecular weight is 529 g/mol. The normalized spacial score (nSPS) is 9.95. The Morgan fingerprint density at radius 3 is 1.86 bits per heavy atom. The first-order chi connectivity index (χ1) is 17.5. The third-order valence-corrected chi connectivity index (χ3v) is 4.36. The number of rotatable bonds is 12. The molecule has 10 heteroatoms. The zero-order chi connectivity index (χ0) is 27.8. The van der Waals surface area contributed by atoms with Gasteiger partial charge in [-0.05, 0) is 75.8 Å². The van der Waals surface area contributed by atoms with Gasteiger partial charge in [-0.25, -0.2) is 4.79 Å². The first-order valence-corrected chi connectivity index (χ1v) is 12.5. The largest absolute Gasteiger partial charge is 0.761 e. The summed E-state index contributed by atoms with van der Waals surface area (Å²) >= 11 is 0. The molecular formula is C27H32O9Si. The molecule has 0 fully saturated rings. The Hall–Kier alpha value is -4.18. The van der Waals surface area contributed by atoms with Crippen molar-refractivity contribution >= 4 is 27.0 Å². The van der Waals surface area contributed by atoms with Crippen molar-refractivity contribution in [2.24, 2.45) is 0 Å².